The van der Waals surface area contributed by atoms with Crippen LogP contribution in [0.2, 0.25) is 0 Å². The van der Waals surface area contributed by atoms with Crippen molar-refractivity contribution < 1.29 is 9.59 Å². The summed E-state index contributed by atoms with van der Waals surface area (Å²) >= 11 is 0. The minimum atomic E-state index is 0.0647. The molecule has 0 saturated heterocycles. The fourth-order valence-corrected chi connectivity index (χ4v) is 2.54. The Kier molecular flexibility index (Phi) is 5.14. The van der Waals surface area contributed by atoms with Gasteiger partial charge in [-0.3, -0.25) is 9.59 Å². The normalized spacial score (nSPS) is 12.3. The van der Waals surface area contributed by atoms with Gasteiger partial charge in [0.15, 0.2) is 6.29 Å². The van der Waals surface area contributed by atoms with Crippen LogP contribution in [-0.2, 0) is 4.79 Å². The van der Waals surface area contributed by atoms with Crippen LogP contribution < -0.4 is 5.32 Å². The van der Waals surface area contributed by atoms with Crippen molar-refractivity contribution in [2.75, 3.05) is 5.32 Å². The zero-order valence-electron chi connectivity index (χ0n) is 12.6. The molecule has 0 fully saturated rings. The number of benzene rings is 1. The molecule has 4 heteroatoms. The number of fused-ring (bicyclic) bond motifs is 1. The van der Waals surface area contributed by atoms with E-state index in [2.05, 4.69) is 17.2 Å². The molecule has 1 unspecified atom stereocenters. The lowest BCUT2D eigenvalue weighted by Crippen LogP contribution is -2.22. The monoisotopic (exact) mass is 286 g/mol. The third-order valence-electron chi connectivity index (χ3n) is 3.88. The Morgan fingerprint density at radius 1 is 1.38 bits per heavy atom. The van der Waals surface area contributed by atoms with Gasteiger partial charge in [0.2, 0.25) is 5.91 Å². The summed E-state index contributed by atoms with van der Waals surface area (Å²) < 4.78 is 0. The summed E-state index contributed by atoms with van der Waals surface area (Å²) in [7, 11) is 0. The van der Waals surface area contributed by atoms with E-state index in [-0.39, 0.29) is 11.8 Å². The average Bonchev–Trinajstić information content (AvgIpc) is 2.90. The van der Waals surface area contributed by atoms with E-state index in [1.54, 1.807) is 6.20 Å². The molecule has 2 rings (SSSR count). The number of rotatable bonds is 7. The average molecular weight is 286 g/mol. The molecule has 0 aliphatic heterocycles. The van der Waals surface area contributed by atoms with Crippen molar-refractivity contribution in [3.8, 4) is 0 Å². The quantitative estimate of drug-likeness (QED) is 0.751. The molecule has 4 nitrogen and oxygen atoms in total. The van der Waals surface area contributed by atoms with E-state index >= 15 is 0 Å². The van der Waals surface area contributed by atoms with E-state index in [4.69, 9.17) is 0 Å². The maximum Gasteiger partial charge on any atom is 0.227 e. The van der Waals surface area contributed by atoms with Crippen molar-refractivity contribution in [1.29, 1.82) is 0 Å². The number of amides is 1. The van der Waals surface area contributed by atoms with Crippen molar-refractivity contribution in [1.82, 2.24) is 4.98 Å². The first-order valence-electron chi connectivity index (χ1n) is 7.56. The van der Waals surface area contributed by atoms with Gasteiger partial charge in [0.25, 0.3) is 0 Å². The molecule has 0 saturated carbocycles. The van der Waals surface area contributed by atoms with Gasteiger partial charge in [-0.15, -0.1) is 0 Å². The summed E-state index contributed by atoms with van der Waals surface area (Å²) in [6.45, 7) is 4.18. The number of carbonyl (C=O) groups excluding carboxylic acids is 2. The van der Waals surface area contributed by atoms with Crippen molar-refractivity contribution in [2.24, 2.45) is 5.92 Å². The van der Waals surface area contributed by atoms with E-state index < -0.39 is 0 Å². The standard InChI is InChI=1S/C17H22N2O2/c1-3-5-6-12(4-2)17(21)19-14-7-8-15-13(11-20)10-18-16(15)9-14/h7-12,18H,3-6H2,1-2H3,(H,19,21). The molecular weight excluding hydrogens is 264 g/mol. The Hall–Kier alpha value is -2.10. The largest absolute Gasteiger partial charge is 0.360 e. The molecule has 0 spiro atoms. The Bertz CT molecular complexity index is 631. The molecule has 21 heavy (non-hydrogen) atoms. The topological polar surface area (TPSA) is 62.0 Å². The second-order valence-electron chi connectivity index (χ2n) is 5.36. The summed E-state index contributed by atoms with van der Waals surface area (Å²) in [6, 6.07) is 5.57. The first kappa shape index (κ1) is 15.3. The van der Waals surface area contributed by atoms with E-state index in [1.165, 1.54) is 0 Å². The Morgan fingerprint density at radius 3 is 2.86 bits per heavy atom. The minimum absolute atomic E-state index is 0.0647. The van der Waals surface area contributed by atoms with Gasteiger partial charge in [-0.25, -0.2) is 0 Å². The lowest BCUT2D eigenvalue weighted by atomic mass is 9.98. The number of carbonyl (C=O) groups is 2. The van der Waals surface area contributed by atoms with Gasteiger partial charge >= 0.3 is 0 Å². The molecule has 2 aromatic rings. The molecule has 0 radical (unpaired) electrons. The Morgan fingerprint density at radius 2 is 2.19 bits per heavy atom. The van der Waals surface area contributed by atoms with E-state index in [9.17, 15) is 9.59 Å². The molecule has 0 aliphatic rings. The summed E-state index contributed by atoms with van der Waals surface area (Å²) in [6.07, 6.45) is 6.47. The molecule has 1 heterocycles. The second kappa shape index (κ2) is 7.07. The number of anilines is 1. The van der Waals surface area contributed by atoms with Gasteiger partial charge in [0, 0.05) is 34.3 Å². The van der Waals surface area contributed by atoms with Crippen LogP contribution in [0.4, 0.5) is 5.69 Å². The van der Waals surface area contributed by atoms with Crippen LogP contribution in [0.5, 0.6) is 0 Å². The van der Waals surface area contributed by atoms with Gasteiger partial charge in [-0.1, -0.05) is 32.8 Å². The van der Waals surface area contributed by atoms with Crippen molar-refractivity contribution in [3.05, 3.63) is 30.0 Å². The Labute approximate surface area is 124 Å². The SMILES string of the molecule is CCCCC(CC)C(=O)Nc1ccc2c(C=O)c[nH]c2c1. The maximum atomic E-state index is 12.3. The highest BCUT2D eigenvalue weighted by Crippen LogP contribution is 2.22. The fraction of sp³-hybridized carbons (Fsp3) is 0.412. The smallest absolute Gasteiger partial charge is 0.227 e. The highest BCUT2D eigenvalue weighted by atomic mass is 16.1. The fourth-order valence-electron chi connectivity index (χ4n) is 2.54. The lowest BCUT2D eigenvalue weighted by molar-refractivity contribution is -0.120. The molecule has 2 N–H and O–H groups in total. The van der Waals surface area contributed by atoms with Crippen LogP contribution in [0.3, 0.4) is 0 Å². The molecule has 1 amide bonds. The number of nitrogens with one attached hydrogen (secondary N) is 2. The molecule has 1 atom stereocenters. The predicted molar refractivity (Wildman–Crippen MR) is 85.6 cm³/mol. The van der Waals surface area contributed by atoms with E-state index in [1.807, 2.05) is 25.1 Å². The predicted octanol–water partition coefficient (Wildman–Crippen LogP) is 4.14. The van der Waals surface area contributed by atoms with E-state index in [0.29, 0.717) is 5.56 Å². The number of hydrogen-bond donors (Lipinski definition) is 2. The lowest BCUT2D eigenvalue weighted by Gasteiger charge is -2.14. The van der Waals surface area contributed by atoms with Crippen molar-refractivity contribution >= 4 is 28.8 Å². The molecule has 0 aliphatic carbocycles. The number of unbranched alkanes of at least 4 members (excludes halogenated alkanes) is 1. The number of aromatic amines is 1. The summed E-state index contributed by atoms with van der Waals surface area (Å²) in [5.41, 5.74) is 2.26. The highest BCUT2D eigenvalue weighted by molar-refractivity contribution is 6.00. The second-order valence-corrected chi connectivity index (χ2v) is 5.36. The number of aromatic nitrogens is 1. The van der Waals surface area contributed by atoms with Gasteiger partial charge in [0.05, 0.1) is 0 Å². The molecule has 112 valence electrons. The van der Waals surface area contributed by atoms with Crippen LogP contribution in [0.1, 0.15) is 49.9 Å². The molecule has 1 aromatic heterocycles. The third kappa shape index (κ3) is 3.51. The third-order valence-corrected chi connectivity index (χ3v) is 3.88. The van der Waals surface area contributed by atoms with Gasteiger partial charge in [0.1, 0.15) is 0 Å². The number of H-pyrrole nitrogens is 1. The molecule has 0 bridgehead atoms. The molecular formula is C17H22N2O2. The van der Waals surface area contributed by atoms with E-state index in [0.717, 1.165) is 48.6 Å². The summed E-state index contributed by atoms with van der Waals surface area (Å²) in [5.74, 6) is 0.141. The first-order valence-corrected chi connectivity index (χ1v) is 7.56. The maximum absolute atomic E-state index is 12.3. The van der Waals surface area contributed by atoms with Gasteiger partial charge in [-0.2, -0.15) is 0 Å². The van der Waals surface area contributed by atoms with Crippen LogP contribution in [0.15, 0.2) is 24.4 Å². The number of aldehydes is 1. The molecule has 1 aromatic carbocycles. The van der Waals surface area contributed by atoms with Crippen molar-refractivity contribution in [2.45, 2.75) is 39.5 Å². The summed E-state index contributed by atoms with van der Waals surface area (Å²) in [4.78, 5) is 26.2. The van der Waals surface area contributed by atoms with Gasteiger partial charge < -0.3 is 10.3 Å². The minimum Gasteiger partial charge on any atom is -0.360 e. The van der Waals surface area contributed by atoms with Crippen LogP contribution in [0, 0.1) is 5.92 Å². The zero-order chi connectivity index (χ0) is 15.2. The summed E-state index contributed by atoms with van der Waals surface area (Å²) in [5, 5.41) is 3.85. The van der Waals surface area contributed by atoms with Crippen LogP contribution in [0.25, 0.3) is 10.9 Å². The van der Waals surface area contributed by atoms with Crippen LogP contribution in [-0.4, -0.2) is 17.2 Å². The first-order chi connectivity index (χ1) is 10.2. The van der Waals surface area contributed by atoms with Gasteiger partial charge in [-0.05, 0) is 25.0 Å². The van der Waals surface area contributed by atoms with Crippen LogP contribution >= 0.6 is 0 Å². The highest BCUT2D eigenvalue weighted by Gasteiger charge is 2.16. The number of hydrogen-bond acceptors (Lipinski definition) is 2. The Balaban J connectivity index is 2.11. The van der Waals surface area contributed by atoms with Crippen molar-refractivity contribution in [3.63, 3.8) is 0 Å². The zero-order valence-corrected chi connectivity index (χ0v) is 12.6.